The molecule has 0 aliphatic carbocycles. The van der Waals surface area contributed by atoms with Crippen molar-refractivity contribution in [2.75, 3.05) is 11.5 Å². The van der Waals surface area contributed by atoms with Gasteiger partial charge in [0.1, 0.15) is 11.5 Å². The van der Waals surface area contributed by atoms with Crippen LogP contribution in [-0.2, 0) is 10.5 Å². The van der Waals surface area contributed by atoms with E-state index in [-0.39, 0.29) is 5.41 Å². The zero-order valence-corrected chi connectivity index (χ0v) is 15.6. The van der Waals surface area contributed by atoms with Crippen molar-refractivity contribution >= 4 is 22.6 Å². The number of benzene rings is 1. The Labute approximate surface area is 141 Å². The molecular formula is C17H24INO2. The molecule has 0 saturated heterocycles. The third kappa shape index (κ3) is 2.87. The summed E-state index contributed by atoms with van der Waals surface area (Å²) in [5.41, 5.74) is 1.64. The molecule has 1 N–H and O–H groups in total. The van der Waals surface area contributed by atoms with Crippen molar-refractivity contribution in [3.8, 4) is 5.75 Å². The van der Waals surface area contributed by atoms with Gasteiger partial charge in [0.25, 0.3) is 0 Å². The average molecular weight is 401 g/mol. The van der Waals surface area contributed by atoms with Crippen molar-refractivity contribution in [2.24, 2.45) is 5.41 Å². The highest BCUT2D eigenvalue weighted by atomic mass is 127. The molecule has 1 aliphatic rings. The molecule has 1 unspecified atom stereocenters. The van der Waals surface area contributed by atoms with E-state index in [4.69, 9.17) is 9.47 Å². The van der Waals surface area contributed by atoms with E-state index in [1.807, 2.05) is 12.1 Å². The Bertz CT molecular complexity index is 530. The first-order chi connectivity index (χ1) is 9.87. The topological polar surface area (TPSA) is 30.5 Å². The van der Waals surface area contributed by atoms with Crippen LogP contribution in [0.5, 0.6) is 5.75 Å². The highest BCUT2D eigenvalue weighted by Gasteiger charge is 2.50. The zero-order valence-electron chi connectivity index (χ0n) is 13.4. The van der Waals surface area contributed by atoms with Gasteiger partial charge in [0.15, 0.2) is 0 Å². The van der Waals surface area contributed by atoms with E-state index in [2.05, 4.69) is 67.7 Å². The molecule has 0 saturated carbocycles. The number of alkyl halides is 1. The van der Waals surface area contributed by atoms with Crippen LogP contribution in [0.4, 0.5) is 0 Å². The predicted molar refractivity (Wildman–Crippen MR) is 94.6 cm³/mol. The smallest absolute Gasteiger partial charge is 0.211 e. The Balaban J connectivity index is 2.51. The van der Waals surface area contributed by atoms with Crippen LogP contribution in [0.25, 0.3) is 0 Å². The molecule has 0 aromatic heterocycles. The summed E-state index contributed by atoms with van der Waals surface area (Å²) in [7, 11) is 1.69. The van der Waals surface area contributed by atoms with Gasteiger partial charge in [0.2, 0.25) is 5.72 Å². The largest absolute Gasteiger partial charge is 0.497 e. The van der Waals surface area contributed by atoms with Gasteiger partial charge in [-0.05, 0) is 12.1 Å². The first-order valence-corrected chi connectivity index (χ1v) is 8.80. The SMILES string of the molecule is CCC1=C(CI)NC(c2cccc(OC)c2)(C(C)(C)C)O1. The van der Waals surface area contributed by atoms with Gasteiger partial charge in [-0.15, -0.1) is 0 Å². The lowest BCUT2D eigenvalue weighted by Gasteiger charge is -2.42. The maximum atomic E-state index is 6.46. The molecule has 1 heterocycles. The summed E-state index contributed by atoms with van der Waals surface area (Å²) in [4.78, 5) is 0. The van der Waals surface area contributed by atoms with Crippen LogP contribution >= 0.6 is 22.6 Å². The molecule has 1 atom stereocenters. The average Bonchev–Trinajstić information content (AvgIpc) is 2.87. The van der Waals surface area contributed by atoms with Crippen LogP contribution in [0.15, 0.2) is 35.7 Å². The minimum absolute atomic E-state index is 0.104. The quantitative estimate of drug-likeness (QED) is 0.592. The molecule has 3 nitrogen and oxygen atoms in total. The monoisotopic (exact) mass is 401 g/mol. The van der Waals surface area contributed by atoms with Crippen molar-refractivity contribution in [3.63, 3.8) is 0 Å². The lowest BCUT2D eigenvalue weighted by Crippen LogP contribution is -2.50. The molecule has 0 fully saturated rings. The number of ether oxygens (including phenoxy) is 2. The first-order valence-electron chi connectivity index (χ1n) is 7.27. The van der Waals surface area contributed by atoms with Gasteiger partial charge in [0, 0.05) is 21.8 Å². The fourth-order valence-electron chi connectivity index (χ4n) is 2.69. The van der Waals surface area contributed by atoms with Crippen LogP contribution in [0.1, 0.15) is 39.7 Å². The van der Waals surface area contributed by atoms with Crippen LogP contribution in [-0.4, -0.2) is 11.5 Å². The van der Waals surface area contributed by atoms with Crippen LogP contribution in [0.3, 0.4) is 0 Å². The normalized spacial score (nSPS) is 22.0. The van der Waals surface area contributed by atoms with Crippen molar-refractivity contribution in [1.82, 2.24) is 5.32 Å². The molecule has 0 spiro atoms. The van der Waals surface area contributed by atoms with E-state index >= 15 is 0 Å². The summed E-state index contributed by atoms with van der Waals surface area (Å²) < 4.78 is 12.8. The summed E-state index contributed by atoms with van der Waals surface area (Å²) in [6, 6.07) is 8.13. The standard InChI is InChI=1S/C17H24INO2/c1-6-15-14(11-18)19-17(21-15,16(2,3)4)12-8-7-9-13(10-12)20-5/h7-10,19H,6,11H2,1-5H3. The number of methoxy groups -OCH3 is 1. The molecule has 1 aromatic carbocycles. The number of nitrogens with one attached hydrogen (secondary N) is 1. The van der Waals surface area contributed by atoms with Crippen molar-refractivity contribution in [2.45, 2.75) is 39.8 Å². The van der Waals surface area contributed by atoms with Crippen LogP contribution in [0, 0.1) is 5.41 Å². The summed E-state index contributed by atoms with van der Waals surface area (Å²) >= 11 is 2.38. The molecule has 2 rings (SSSR count). The fraction of sp³-hybridized carbons (Fsp3) is 0.529. The second-order valence-electron chi connectivity index (χ2n) is 6.28. The molecule has 0 amide bonds. The van der Waals surface area contributed by atoms with E-state index < -0.39 is 5.72 Å². The molecule has 21 heavy (non-hydrogen) atoms. The van der Waals surface area contributed by atoms with Crippen LogP contribution < -0.4 is 10.1 Å². The highest BCUT2D eigenvalue weighted by Crippen LogP contribution is 2.47. The van der Waals surface area contributed by atoms with Crippen molar-refractivity contribution in [1.29, 1.82) is 0 Å². The van der Waals surface area contributed by atoms with Crippen molar-refractivity contribution in [3.05, 3.63) is 41.3 Å². The second kappa shape index (κ2) is 6.07. The number of allylic oxidation sites excluding steroid dienone is 2. The molecule has 1 aliphatic heterocycles. The molecule has 0 radical (unpaired) electrons. The Morgan fingerprint density at radius 2 is 2.05 bits per heavy atom. The molecular weight excluding hydrogens is 377 g/mol. The van der Waals surface area contributed by atoms with E-state index in [9.17, 15) is 0 Å². The molecule has 0 bridgehead atoms. The number of hydrogen-bond donors (Lipinski definition) is 1. The number of halogens is 1. The Morgan fingerprint density at radius 1 is 1.33 bits per heavy atom. The third-order valence-electron chi connectivity index (χ3n) is 3.93. The summed E-state index contributed by atoms with van der Waals surface area (Å²) in [5.74, 6) is 1.91. The second-order valence-corrected chi connectivity index (χ2v) is 7.04. The molecule has 4 heteroatoms. The van der Waals surface area contributed by atoms with Gasteiger partial charge >= 0.3 is 0 Å². The Morgan fingerprint density at radius 3 is 2.52 bits per heavy atom. The summed E-state index contributed by atoms with van der Waals surface area (Å²) in [6.45, 7) is 8.72. The minimum Gasteiger partial charge on any atom is -0.497 e. The lowest BCUT2D eigenvalue weighted by atomic mass is 9.78. The Hall–Kier alpha value is -0.910. The summed E-state index contributed by atoms with van der Waals surface area (Å²) in [6.07, 6.45) is 0.896. The molecule has 116 valence electrons. The van der Waals surface area contributed by atoms with Gasteiger partial charge in [-0.2, -0.15) is 0 Å². The van der Waals surface area contributed by atoms with Gasteiger partial charge in [-0.1, -0.05) is 62.4 Å². The molecule has 1 aromatic rings. The van der Waals surface area contributed by atoms with Gasteiger partial charge in [-0.3, -0.25) is 0 Å². The van der Waals surface area contributed by atoms with E-state index in [1.54, 1.807) is 7.11 Å². The van der Waals surface area contributed by atoms with E-state index in [0.29, 0.717) is 0 Å². The first kappa shape index (κ1) is 16.5. The fourth-order valence-corrected chi connectivity index (χ4v) is 3.31. The number of hydrogen-bond acceptors (Lipinski definition) is 3. The maximum Gasteiger partial charge on any atom is 0.211 e. The summed E-state index contributed by atoms with van der Waals surface area (Å²) in [5, 5.41) is 3.66. The van der Waals surface area contributed by atoms with E-state index in [1.165, 1.54) is 5.70 Å². The minimum atomic E-state index is -0.548. The maximum absolute atomic E-state index is 6.46. The van der Waals surface area contributed by atoms with Gasteiger partial charge < -0.3 is 14.8 Å². The highest BCUT2D eigenvalue weighted by molar-refractivity contribution is 14.1. The third-order valence-corrected chi connectivity index (χ3v) is 4.69. The van der Waals surface area contributed by atoms with Crippen LogP contribution in [0.2, 0.25) is 0 Å². The number of rotatable bonds is 4. The van der Waals surface area contributed by atoms with Gasteiger partial charge in [-0.25, -0.2) is 0 Å². The Kier molecular flexibility index (Phi) is 4.76. The van der Waals surface area contributed by atoms with E-state index in [0.717, 1.165) is 27.9 Å². The zero-order chi connectivity index (χ0) is 15.7. The lowest BCUT2D eigenvalue weighted by molar-refractivity contribution is -0.0891. The van der Waals surface area contributed by atoms with Gasteiger partial charge in [0.05, 0.1) is 12.8 Å². The predicted octanol–water partition coefficient (Wildman–Crippen LogP) is 4.57. The van der Waals surface area contributed by atoms with Crippen molar-refractivity contribution < 1.29 is 9.47 Å².